The van der Waals surface area contributed by atoms with Crippen molar-refractivity contribution in [1.82, 2.24) is 9.97 Å². The molecule has 0 radical (unpaired) electrons. The standard InChI is InChI=1S/C7H2ClN3S3/c8-5-4(3-9)13-7(11-5)14-6-10-1-2-12-6/h1-2H. The van der Waals surface area contributed by atoms with Crippen molar-refractivity contribution >= 4 is 46.0 Å². The molecule has 0 aliphatic heterocycles. The summed E-state index contributed by atoms with van der Waals surface area (Å²) in [5.41, 5.74) is 0. The van der Waals surface area contributed by atoms with Crippen molar-refractivity contribution in [2.24, 2.45) is 0 Å². The fraction of sp³-hybridized carbons (Fsp3) is 0. The van der Waals surface area contributed by atoms with Crippen LogP contribution in [0.4, 0.5) is 0 Å². The summed E-state index contributed by atoms with van der Waals surface area (Å²) >= 11 is 9.97. The van der Waals surface area contributed by atoms with Crippen molar-refractivity contribution in [3.63, 3.8) is 0 Å². The molecular weight excluding hydrogens is 258 g/mol. The minimum Gasteiger partial charge on any atom is -0.238 e. The summed E-state index contributed by atoms with van der Waals surface area (Å²) in [6.45, 7) is 0. The quantitative estimate of drug-likeness (QED) is 0.831. The van der Waals surface area contributed by atoms with Gasteiger partial charge in [-0.25, -0.2) is 9.97 Å². The number of aromatic nitrogens is 2. The van der Waals surface area contributed by atoms with Gasteiger partial charge >= 0.3 is 0 Å². The van der Waals surface area contributed by atoms with Crippen LogP contribution < -0.4 is 0 Å². The lowest BCUT2D eigenvalue weighted by Gasteiger charge is -1.86. The monoisotopic (exact) mass is 259 g/mol. The average molecular weight is 260 g/mol. The number of hydrogen-bond acceptors (Lipinski definition) is 6. The zero-order chi connectivity index (χ0) is 9.97. The molecule has 2 rings (SSSR count). The fourth-order valence-corrected chi connectivity index (χ4v) is 3.73. The molecule has 14 heavy (non-hydrogen) atoms. The molecule has 0 atom stereocenters. The molecule has 0 saturated carbocycles. The average Bonchev–Trinajstić information content (AvgIpc) is 2.76. The molecule has 0 N–H and O–H groups in total. The van der Waals surface area contributed by atoms with Gasteiger partial charge in [-0.05, 0) is 11.8 Å². The van der Waals surface area contributed by atoms with Gasteiger partial charge in [0, 0.05) is 11.6 Å². The second kappa shape index (κ2) is 4.28. The number of rotatable bonds is 2. The van der Waals surface area contributed by atoms with E-state index < -0.39 is 0 Å². The van der Waals surface area contributed by atoms with Crippen LogP contribution in [0.3, 0.4) is 0 Å². The summed E-state index contributed by atoms with van der Waals surface area (Å²) in [4.78, 5) is 8.60. The molecule has 0 amide bonds. The fourth-order valence-electron chi connectivity index (χ4n) is 0.731. The van der Waals surface area contributed by atoms with Crippen LogP contribution in [0.25, 0.3) is 0 Å². The summed E-state index contributed by atoms with van der Waals surface area (Å²) in [7, 11) is 0. The van der Waals surface area contributed by atoms with Crippen LogP contribution in [-0.2, 0) is 0 Å². The van der Waals surface area contributed by atoms with Gasteiger partial charge in [-0.2, -0.15) is 5.26 Å². The predicted octanol–water partition coefficient (Wildman–Crippen LogP) is 3.28. The van der Waals surface area contributed by atoms with Gasteiger partial charge in [-0.3, -0.25) is 0 Å². The van der Waals surface area contributed by atoms with Crippen LogP contribution in [0.2, 0.25) is 5.15 Å². The highest BCUT2D eigenvalue weighted by atomic mass is 35.5. The zero-order valence-electron chi connectivity index (χ0n) is 6.60. The van der Waals surface area contributed by atoms with Crippen molar-refractivity contribution in [2.75, 3.05) is 0 Å². The Bertz CT molecular complexity index is 471. The Balaban J connectivity index is 2.23. The van der Waals surface area contributed by atoms with Gasteiger partial charge in [0.25, 0.3) is 0 Å². The van der Waals surface area contributed by atoms with Gasteiger partial charge < -0.3 is 0 Å². The first-order chi connectivity index (χ1) is 6.79. The van der Waals surface area contributed by atoms with Crippen LogP contribution in [0, 0.1) is 11.3 Å². The third kappa shape index (κ3) is 2.07. The molecule has 0 aliphatic carbocycles. The molecule has 2 aromatic heterocycles. The Morgan fingerprint density at radius 1 is 1.50 bits per heavy atom. The van der Waals surface area contributed by atoms with Crippen LogP contribution >= 0.6 is 46.0 Å². The van der Waals surface area contributed by atoms with Gasteiger partial charge in [-0.1, -0.05) is 22.9 Å². The Morgan fingerprint density at radius 3 is 2.93 bits per heavy atom. The summed E-state index contributed by atoms with van der Waals surface area (Å²) in [5.74, 6) is 0. The lowest BCUT2D eigenvalue weighted by molar-refractivity contribution is 1.21. The Labute approximate surface area is 97.4 Å². The first kappa shape index (κ1) is 9.93. The Morgan fingerprint density at radius 2 is 2.36 bits per heavy atom. The first-order valence-electron chi connectivity index (χ1n) is 3.43. The van der Waals surface area contributed by atoms with Crippen LogP contribution in [0.1, 0.15) is 4.88 Å². The Kier molecular flexibility index (Phi) is 3.03. The second-order valence-electron chi connectivity index (χ2n) is 2.11. The van der Waals surface area contributed by atoms with Crippen LogP contribution in [0.15, 0.2) is 20.3 Å². The van der Waals surface area contributed by atoms with Gasteiger partial charge in [-0.15, -0.1) is 11.3 Å². The zero-order valence-corrected chi connectivity index (χ0v) is 9.80. The molecule has 0 aromatic carbocycles. The van der Waals surface area contributed by atoms with Crippen molar-refractivity contribution in [1.29, 1.82) is 5.26 Å². The highest BCUT2D eigenvalue weighted by Gasteiger charge is 2.10. The molecule has 0 saturated heterocycles. The molecule has 2 aromatic rings. The second-order valence-corrected chi connectivity index (χ2v) is 5.86. The van der Waals surface area contributed by atoms with E-state index in [0.29, 0.717) is 4.88 Å². The minimum absolute atomic E-state index is 0.275. The maximum atomic E-state index is 8.67. The summed E-state index contributed by atoms with van der Waals surface area (Å²) in [6, 6.07) is 1.99. The summed E-state index contributed by atoms with van der Waals surface area (Å²) in [6.07, 6.45) is 1.73. The van der Waals surface area contributed by atoms with E-state index in [1.54, 1.807) is 6.20 Å². The topological polar surface area (TPSA) is 49.6 Å². The number of nitriles is 1. The normalized spacial score (nSPS) is 10.0. The minimum atomic E-state index is 0.275. The molecule has 2 heterocycles. The van der Waals surface area contributed by atoms with E-state index in [0.717, 1.165) is 8.68 Å². The molecule has 7 heteroatoms. The maximum Gasteiger partial charge on any atom is 0.159 e. The Hall–Kier alpha value is -0.610. The SMILES string of the molecule is N#Cc1sc(Sc2nccs2)nc1Cl. The third-order valence-corrected chi connectivity index (χ3v) is 4.54. The van der Waals surface area contributed by atoms with Crippen molar-refractivity contribution in [2.45, 2.75) is 8.68 Å². The van der Waals surface area contributed by atoms with Gasteiger partial charge in [0.05, 0.1) is 0 Å². The molecule has 0 spiro atoms. The maximum absolute atomic E-state index is 8.67. The van der Waals surface area contributed by atoms with Gasteiger partial charge in [0.2, 0.25) is 0 Å². The number of halogens is 1. The number of thiazole rings is 2. The molecule has 70 valence electrons. The largest absolute Gasteiger partial charge is 0.238 e. The highest BCUT2D eigenvalue weighted by molar-refractivity contribution is 8.02. The summed E-state index contributed by atoms with van der Waals surface area (Å²) in [5, 5.41) is 10.8. The van der Waals surface area contributed by atoms with Crippen molar-refractivity contribution < 1.29 is 0 Å². The third-order valence-electron chi connectivity index (χ3n) is 1.25. The molecule has 0 fully saturated rings. The smallest absolute Gasteiger partial charge is 0.159 e. The van der Waals surface area contributed by atoms with E-state index in [1.807, 2.05) is 11.4 Å². The molecular formula is C7H2ClN3S3. The van der Waals surface area contributed by atoms with Gasteiger partial charge in [0.1, 0.15) is 10.9 Å². The van der Waals surface area contributed by atoms with E-state index in [-0.39, 0.29) is 5.15 Å². The van der Waals surface area contributed by atoms with E-state index >= 15 is 0 Å². The highest BCUT2D eigenvalue weighted by Crippen LogP contribution is 2.35. The van der Waals surface area contributed by atoms with Crippen LogP contribution in [-0.4, -0.2) is 9.97 Å². The van der Waals surface area contributed by atoms with E-state index in [2.05, 4.69) is 9.97 Å². The van der Waals surface area contributed by atoms with E-state index in [1.165, 1.54) is 34.4 Å². The predicted molar refractivity (Wildman–Crippen MR) is 58.1 cm³/mol. The first-order valence-corrected chi connectivity index (χ1v) is 6.32. The van der Waals surface area contributed by atoms with Crippen molar-refractivity contribution in [3.05, 3.63) is 21.6 Å². The number of nitrogens with zero attached hydrogens (tertiary/aromatic N) is 3. The summed E-state index contributed by atoms with van der Waals surface area (Å²) < 4.78 is 1.65. The van der Waals surface area contributed by atoms with E-state index in [9.17, 15) is 0 Å². The van der Waals surface area contributed by atoms with Gasteiger partial charge in [0.15, 0.2) is 13.8 Å². The molecule has 0 bridgehead atoms. The van der Waals surface area contributed by atoms with Crippen LogP contribution in [0.5, 0.6) is 0 Å². The lowest BCUT2D eigenvalue weighted by Crippen LogP contribution is -1.68. The number of hydrogen-bond donors (Lipinski definition) is 0. The van der Waals surface area contributed by atoms with E-state index in [4.69, 9.17) is 16.9 Å². The molecule has 0 aliphatic rings. The van der Waals surface area contributed by atoms with Crippen molar-refractivity contribution in [3.8, 4) is 6.07 Å². The lowest BCUT2D eigenvalue weighted by atomic mass is 10.6. The molecule has 0 unspecified atom stereocenters. The molecule has 3 nitrogen and oxygen atoms in total.